The van der Waals surface area contributed by atoms with E-state index in [9.17, 15) is 17.6 Å². The van der Waals surface area contributed by atoms with E-state index in [1.54, 1.807) is 6.07 Å². The molecule has 0 aromatic heterocycles. The van der Waals surface area contributed by atoms with Crippen molar-refractivity contribution in [3.63, 3.8) is 0 Å². The SMILES string of the molecule is CN=C(NCCC(F)(F)F)NCC1(c2cccc(F)c2)CC1. The molecule has 0 unspecified atom stereocenters. The maximum absolute atomic E-state index is 13.3. The van der Waals surface area contributed by atoms with Crippen LogP contribution in [0, 0.1) is 5.82 Å². The van der Waals surface area contributed by atoms with Crippen LogP contribution in [0.2, 0.25) is 0 Å². The van der Waals surface area contributed by atoms with Crippen LogP contribution >= 0.6 is 0 Å². The highest BCUT2D eigenvalue weighted by Crippen LogP contribution is 2.47. The second-order valence-corrected chi connectivity index (χ2v) is 5.51. The van der Waals surface area contributed by atoms with Gasteiger partial charge in [0.05, 0.1) is 6.42 Å². The molecule has 122 valence electrons. The third-order valence-corrected chi connectivity index (χ3v) is 3.81. The Morgan fingerprint density at radius 3 is 2.55 bits per heavy atom. The number of aliphatic imine (C=N–C) groups is 1. The van der Waals surface area contributed by atoms with E-state index in [1.165, 1.54) is 19.2 Å². The predicted molar refractivity (Wildman–Crippen MR) is 77.3 cm³/mol. The first-order valence-corrected chi connectivity index (χ1v) is 7.12. The Morgan fingerprint density at radius 2 is 2.00 bits per heavy atom. The highest BCUT2D eigenvalue weighted by atomic mass is 19.4. The number of rotatable bonds is 5. The predicted octanol–water partition coefficient (Wildman–Crippen LogP) is 2.97. The monoisotopic (exact) mass is 317 g/mol. The summed E-state index contributed by atoms with van der Waals surface area (Å²) in [6.45, 7) is 0.290. The third kappa shape index (κ3) is 4.61. The largest absolute Gasteiger partial charge is 0.390 e. The van der Waals surface area contributed by atoms with Crippen molar-refractivity contribution in [2.45, 2.75) is 30.9 Å². The number of alkyl halides is 3. The average molecular weight is 317 g/mol. The van der Waals surface area contributed by atoms with E-state index >= 15 is 0 Å². The minimum atomic E-state index is -4.19. The van der Waals surface area contributed by atoms with Crippen LogP contribution in [0.3, 0.4) is 0 Å². The van der Waals surface area contributed by atoms with E-state index in [2.05, 4.69) is 15.6 Å². The minimum absolute atomic E-state index is 0.149. The van der Waals surface area contributed by atoms with Gasteiger partial charge < -0.3 is 10.6 Å². The molecule has 0 saturated heterocycles. The first kappa shape index (κ1) is 16.6. The van der Waals surface area contributed by atoms with Gasteiger partial charge in [0.25, 0.3) is 0 Å². The fraction of sp³-hybridized carbons (Fsp3) is 0.533. The molecule has 0 bridgehead atoms. The molecular weight excluding hydrogens is 298 g/mol. The fourth-order valence-electron chi connectivity index (χ4n) is 2.33. The molecule has 7 heteroatoms. The lowest BCUT2D eigenvalue weighted by Crippen LogP contribution is -2.42. The lowest BCUT2D eigenvalue weighted by Gasteiger charge is -2.19. The van der Waals surface area contributed by atoms with Crippen LogP contribution < -0.4 is 10.6 Å². The Hall–Kier alpha value is -1.79. The molecule has 0 aliphatic heterocycles. The van der Waals surface area contributed by atoms with Gasteiger partial charge in [-0.2, -0.15) is 13.2 Å². The van der Waals surface area contributed by atoms with Crippen LogP contribution in [-0.4, -0.2) is 32.3 Å². The first-order valence-electron chi connectivity index (χ1n) is 7.12. The number of nitrogens with one attached hydrogen (secondary N) is 2. The van der Waals surface area contributed by atoms with Gasteiger partial charge in [-0.3, -0.25) is 4.99 Å². The van der Waals surface area contributed by atoms with E-state index in [1.807, 2.05) is 6.07 Å². The summed E-state index contributed by atoms with van der Waals surface area (Å²) in [5, 5.41) is 5.66. The van der Waals surface area contributed by atoms with E-state index in [-0.39, 0.29) is 17.8 Å². The Labute approximate surface area is 126 Å². The van der Waals surface area contributed by atoms with E-state index in [4.69, 9.17) is 0 Å². The molecule has 1 fully saturated rings. The van der Waals surface area contributed by atoms with E-state index in [0.29, 0.717) is 12.5 Å². The van der Waals surface area contributed by atoms with Gasteiger partial charge >= 0.3 is 6.18 Å². The van der Waals surface area contributed by atoms with Crippen molar-refractivity contribution < 1.29 is 17.6 Å². The van der Waals surface area contributed by atoms with Crippen molar-refractivity contribution in [1.82, 2.24) is 10.6 Å². The summed E-state index contributed by atoms with van der Waals surface area (Å²) in [6.07, 6.45) is -3.26. The Bertz CT molecular complexity index is 536. The highest BCUT2D eigenvalue weighted by Gasteiger charge is 2.44. The van der Waals surface area contributed by atoms with Crippen molar-refractivity contribution in [3.8, 4) is 0 Å². The topological polar surface area (TPSA) is 36.4 Å². The number of hydrogen-bond acceptors (Lipinski definition) is 1. The fourth-order valence-corrected chi connectivity index (χ4v) is 2.33. The molecule has 0 atom stereocenters. The van der Waals surface area contributed by atoms with Crippen molar-refractivity contribution >= 4 is 5.96 Å². The van der Waals surface area contributed by atoms with Gasteiger partial charge in [-0.15, -0.1) is 0 Å². The zero-order chi connectivity index (χ0) is 16.2. The number of nitrogens with zero attached hydrogens (tertiary/aromatic N) is 1. The molecule has 2 rings (SSSR count). The first-order chi connectivity index (χ1) is 10.3. The summed E-state index contributed by atoms with van der Waals surface area (Å²) in [4.78, 5) is 3.90. The second kappa shape index (κ2) is 6.54. The summed E-state index contributed by atoms with van der Waals surface area (Å²) in [6, 6.07) is 6.44. The number of guanidine groups is 1. The van der Waals surface area contributed by atoms with Gasteiger partial charge in [-0.1, -0.05) is 12.1 Å². The average Bonchev–Trinajstić information content (AvgIpc) is 3.22. The maximum atomic E-state index is 13.3. The lowest BCUT2D eigenvalue weighted by atomic mass is 9.96. The van der Waals surface area contributed by atoms with Crippen molar-refractivity contribution in [2.24, 2.45) is 4.99 Å². The highest BCUT2D eigenvalue weighted by molar-refractivity contribution is 5.79. The van der Waals surface area contributed by atoms with Crippen LogP contribution in [0.15, 0.2) is 29.3 Å². The van der Waals surface area contributed by atoms with E-state index in [0.717, 1.165) is 18.4 Å². The van der Waals surface area contributed by atoms with Crippen molar-refractivity contribution in [3.05, 3.63) is 35.6 Å². The normalized spacial score (nSPS) is 17.2. The standard InChI is InChI=1S/C15H19F4N3/c1-20-13(21-8-7-15(17,18)19)22-10-14(5-6-14)11-3-2-4-12(16)9-11/h2-4,9H,5-8,10H2,1H3,(H2,20,21,22). The quantitative estimate of drug-likeness (QED) is 0.498. The maximum Gasteiger partial charge on any atom is 0.390 e. The molecule has 1 aliphatic rings. The smallest absolute Gasteiger partial charge is 0.356 e. The summed E-state index contributed by atoms with van der Waals surface area (Å²) in [5.74, 6) is 0.0448. The summed E-state index contributed by atoms with van der Waals surface area (Å²) in [5.41, 5.74) is 0.759. The molecule has 22 heavy (non-hydrogen) atoms. The molecule has 0 spiro atoms. The Balaban J connectivity index is 1.86. The molecule has 1 aromatic carbocycles. The summed E-state index contributed by atoms with van der Waals surface area (Å²) in [7, 11) is 1.50. The third-order valence-electron chi connectivity index (χ3n) is 3.81. The molecular formula is C15H19F4N3. The number of halogens is 4. The van der Waals surface area contributed by atoms with Gasteiger partial charge in [0, 0.05) is 25.6 Å². The van der Waals surface area contributed by atoms with Crippen LogP contribution in [0.5, 0.6) is 0 Å². The minimum Gasteiger partial charge on any atom is -0.356 e. The van der Waals surface area contributed by atoms with Crippen molar-refractivity contribution in [2.75, 3.05) is 20.1 Å². The molecule has 1 aromatic rings. The Kier molecular flexibility index (Phi) is 4.93. The van der Waals surface area contributed by atoms with Crippen LogP contribution in [0.25, 0.3) is 0 Å². The van der Waals surface area contributed by atoms with Crippen LogP contribution in [0.1, 0.15) is 24.8 Å². The molecule has 3 nitrogen and oxygen atoms in total. The van der Waals surface area contributed by atoms with E-state index < -0.39 is 12.6 Å². The molecule has 2 N–H and O–H groups in total. The second-order valence-electron chi connectivity index (χ2n) is 5.51. The van der Waals surface area contributed by atoms with Gasteiger partial charge in [-0.05, 0) is 30.5 Å². The van der Waals surface area contributed by atoms with Crippen LogP contribution in [0.4, 0.5) is 17.6 Å². The molecule has 1 aliphatic carbocycles. The lowest BCUT2D eigenvalue weighted by molar-refractivity contribution is -0.132. The molecule has 0 amide bonds. The zero-order valence-corrected chi connectivity index (χ0v) is 12.3. The van der Waals surface area contributed by atoms with Gasteiger partial charge in [-0.25, -0.2) is 4.39 Å². The zero-order valence-electron chi connectivity index (χ0n) is 12.3. The number of hydrogen-bond donors (Lipinski definition) is 2. The van der Waals surface area contributed by atoms with Gasteiger partial charge in [0.15, 0.2) is 5.96 Å². The number of benzene rings is 1. The van der Waals surface area contributed by atoms with Crippen LogP contribution in [-0.2, 0) is 5.41 Å². The molecule has 0 heterocycles. The molecule has 0 radical (unpaired) electrons. The molecule has 1 saturated carbocycles. The van der Waals surface area contributed by atoms with Gasteiger partial charge in [0.1, 0.15) is 5.82 Å². The summed E-state index contributed by atoms with van der Waals surface area (Å²) >= 11 is 0. The van der Waals surface area contributed by atoms with Gasteiger partial charge in [0.2, 0.25) is 0 Å². The van der Waals surface area contributed by atoms with Crippen molar-refractivity contribution in [1.29, 1.82) is 0 Å². The Morgan fingerprint density at radius 1 is 1.27 bits per heavy atom. The summed E-state index contributed by atoms with van der Waals surface area (Å²) < 4.78 is 49.7.